The number of nitrogens with one attached hydrogen (secondary N) is 1. The Morgan fingerprint density at radius 1 is 1.21 bits per heavy atom. The summed E-state index contributed by atoms with van der Waals surface area (Å²) in [6.07, 6.45) is 3.04. The molecule has 24 heavy (non-hydrogen) atoms. The van der Waals surface area contributed by atoms with Crippen LogP contribution in [0.5, 0.6) is 11.5 Å². The molecule has 3 aliphatic heterocycles. The Bertz CT molecular complexity index is 876. The van der Waals surface area contributed by atoms with E-state index in [2.05, 4.69) is 15.5 Å². The number of benzene rings is 1. The third-order valence-corrected chi connectivity index (χ3v) is 3.67. The first-order valence-corrected chi connectivity index (χ1v) is 7.41. The average molecular weight is 326 g/mol. The SMILES string of the molecule is O=C(Cc1ccc2c(c1)OCCO2)Nc1nnc2cn(O)ccc1-2. The van der Waals surface area contributed by atoms with Crippen LogP contribution in [0.25, 0.3) is 11.3 Å². The van der Waals surface area contributed by atoms with E-state index in [0.717, 1.165) is 10.3 Å². The molecule has 0 radical (unpaired) electrons. The predicted molar refractivity (Wildman–Crippen MR) is 83.6 cm³/mol. The summed E-state index contributed by atoms with van der Waals surface area (Å²) in [5.74, 6) is 1.50. The maximum absolute atomic E-state index is 12.3. The van der Waals surface area contributed by atoms with Crippen molar-refractivity contribution in [2.75, 3.05) is 18.5 Å². The fourth-order valence-electron chi connectivity index (χ4n) is 2.56. The molecule has 0 unspecified atom stereocenters. The molecule has 0 fully saturated rings. The van der Waals surface area contributed by atoms with E-state index in [1.165, 1.54) is 12.4 Å². The van der Waals surface area contributed by atoms with Crippen LogP contribution in [-0.4, -0.2) is 39.3 Å². The second-order valence-corrected chi connectivity index (χ2v) is 5.38. The van der Waals surface area contributed by atoms with Gasteiger partial charge in [0.2, 0.25) is 5.91 Å². The molecule has 0 atom stereocenters. The van der Waals surface area contributed by atoms with Crippen molar-refractivity contribution in [1.29, 1.82) is 0 Å². The monoisotopic (exact) mass is 326 g/mol. The first-order chi connectivity index (χ1) is 11.7. The van der Waals surface area contributed by atoms with Crippen molar-refractivity contribution in [3.63, 3.8) is 0 Å². The van der Waals surface area contributed by atoms with Crippen molar-refractivity contribution in [1.82, 2.24) is 14.9 Å². The lowest BCUT2D eigenvalue weighted by molar-refractivity contribution is -0.115. The number of carbonyl (C=O) groups is 1. The summed E-state index contributed by atoms with van der Waals surface area (Å²) < 4.78 is 11.9. The normalized spacial score (nSPS) is 13.0. The summed E-state index contributed by atoms with van der Waals surface area (Å²) in [6.45, 7) is 1.03. The van der Waals surface area contributed by atoms with Gasteiger partial charge in [-0.25, -0.2) is 0 Å². The third kappa shape index (κ3) is 2.69. The van der Waals surface area contributed by atoms with Crippen LogP contribution in [-0.2, 0) is 11.2 Å². The number of amides is 1. The van der Waals surface area contributed by atoms with E-state index in [4.69, 9.17) is 9.47 Å². The Hall–Kier alpha value is -3.29. The largest absolute Gasteiger partial charge is 0.486 e. The van der Waals surface area contributed by atoms with E-state index in [1.54, 1.807) is 18.2 Å². The summed E-state index contributed by atoms with van der Waals surface area (Å²) in [4.78, 5) is 12.3. The lowest BCUT2D eigenvalue weighted by Gasteiger charge is -2.18. The van der Waals surface area contributed by atoms with Gasteiger partial charge in [-0.2, -0.15) is 4.73 Å². The smallest absolute Gasteiger partial charge is 0.230 e. The van der Waals surface area contributed by atoms with E-state index in [9.17, 15) is 10.0 Å². The molecule has 3 heterocycles. The first-order valence-electron chi connectivity index (χ1n) is 7.41. The standard InChI is InChI=1S/C16H14N4O4/c21-15(8-10-1-2-13-14(7-10)24-6-5-23-13)17-16-11-3-4-20(22)9-12(11)18-19-16/h1-4,7,9,22H,5-6,8H2,(H,17,21). The van der Waals surface area contributed by atoms with Gasteiger partial charge in [-0.15, -0.1) is 10.2 Å². The number of aromatic nitrogens is 3. The van der Waals surface area contributed by atoms with Crippen molar-refractivity contribution < 1.29 is 19.5 Å². The number of nitrogens with zero attached hydrogens (tertiary/aromatic N) is 3. The minimum atomic E-state index is -0.214. The van der Waals surface area contributed by atoms with Crippen LogP contribution < -0.4 is 14.8 Å². The van der Waals surface area contributed by atoms with Crippen LogP contribution in [0, 0.1) is 0 Å². The molecule has 8 heteroatoms. The van der Waals surface area contributed by atoms with Gasteiger partial charge in [0.05, 0.1) is 12.6 Å². The molecule has 2 N–H and O–H groups in total. The number of hydrogen-bond donors (Lipinski definition) is 2. The van der Waals surface area contributed by atoms with Gasteiger partial charge in [-0.3, -0.25) is 4.79 Å². The highest BCUT2D eigenvalue weighted by Gasteiger charge is 2.17. The second-order valence-electron chi connectivity index (χ2n) is 5.38. The van der Waals surface area contributed by atoms with Gasteiger partial charge in [0, 0.05) is 11.8 Å². The molecule has 4 rings (SSSR count). The molecular formula is C16H14N4O4. The zero-order chi connectivity index (χ0) is 16.5. The Morgan fingerprint density at radius 2 is 2.04 bits per heavy atom. The van der Waals surface area contributed by atoms with Gasteiger partial charge < -0.3 is 20.0 Å². The summed E-state index contributed by atoms with van der Waals surface area (Å²) >= 11 is 0. The highest BCUT2D eigenvalue weighted by molar-refractivity contribution is 5.95. The zero-order valence-corrected chi connectivity index (χ0v) is 12.6. The van der Waals surface area contributed by atoms with E-state index >= 15 is 0 Å². The van der Waals surface area contributed by atoms with Crippen LogP contribution in [0.3, 0.4) is 0 Å². The van der Waals surface area contributed by atoms with Gasteiger partial charge in [0.1, 0.15) is 18.9 Å². The highest BCUT2D eigenvalue weighted by atomic mass is 16.6. The Balaban J connectivity index is 1.48. The number of pyridine rings is 1. The molecule has 8 nitrogen and oxygen atoms in total. The summed E-state index contributed by atoms with van der Waals surface area (Å²) in [7, 11) is 0. The molecule has 3 aliphatic rings. The summed E-state index contributed by atoms with van der Waals surface area (Å²) in [6, 6.07) is 7.07. The Kier molecular flexibility index (Phi) is 3.42. The molecule has 0 bridgehead atoms. The summed E-state index contributed by atoms with van der Waals surface area (Å²) in [5, 5.41) is 19.9. The van der Waals surface area contributed by atoms with Gasteiger partial charge in [-0.05, 0) is 23.8 Å². The quantitative estimate of drug-likeness (QED) is 0.709. The van der Waals surface area contributed by atoms with Crippen molar-refractivity contribution in [3.8, 4) is 22.8 Å². The van der Waals surface area contributed by atoms with Crippen molar-refractivity contribution >= 4 is 11.7 Å². The molecule has 0 saturated heterocycles. The number of rotatable bonds is 3. The molecule has 0 spiro atoms. The number of ether oxygens (including phenoxy) is 2. The second kappa shape index (κ2) is 5.73. The molecule has 1 aromatic rings. The van der Waals surface area contributed by atoms with Crippen LogP contribution in [0.2, 0.25) is 0 Å². The lowest BCUT2D eigenvalue weighted by Crippen LogP contribution is -2.17. The van der Waals surface area contributed by atoms with Crippen LogP contribution in [0.1, 0.15) is 5.56 Å². The van der Waals surface area contributed by atoms with Crippen molar-refractivity contribution in [3.05, 3.63) is 42.2 Å². The molecule has 0 aliphatic carbocycles. The molecule has 1 aromatic carbocycles. The Morgan fingerprint density at radius 3 is 2.92 bits per heavy atom. The topological polar surface area (TPSA) is 98.5 Å². The molecule has 122 valence electrons. The minimum absolute atomic E-state index is 0.178. The van der Waals surface area contributed by atoms with Crippen LogP contribution >= 0.6 is 0 Å². The fraction of sp³-hybridized carbons (Fsp3) is 0.188. The fourth-order valence-corrected chi connectivity index (χ4v) is 2.56. The van der Waals surface area contributed by atoms with Crippen LogP contribution in [0.4, 0.5) is 5.82 Å². The molecule has 1 amide bonds. The molecular weight excluding hydrogens is 312 g/mol. The van der Waals surface area contributed by atoms with Gasteiger partial charge in [0.15, 0.2) is 17.3 Å². The third-order valence-electron chi connectivity index (χ3n) is 3.67. The van der Waals surface area contributed by atoms with Crippen LogP contribution in [0.15, 0.2) is 36.7 Å². The van der Waals surface area contributed by atoms with E-state index in [-0.39, 0.29) is 12.3 Å². The summed E-state index contributed by atoms with van der Waals surface area (Å²) in [5.41, 5.74) is 1.97. The first kappa shape index (κ1) is 14.3. The highest BCUT2D eigenvalue weighted by Crippen LogP contribution is 2.31. The van der Waals surface area contributed by atoms with Gasteiger partial charge in [-0.1, -0.05) is 6.07 Å². The maximum atomic E-state index is 12.3. The molecule has 0 saturated carbocycles. The van der Waals surface area contributed by atoms with Crippen molar-refractivity contribution in [2.45, 2.75) is 6.42 Å². The van der Waals surface area contributed by atoms with E-state index in [0.29, 0.717) is 41.8 Å². The number of fused-ring (bicyclic) bond motifs is 2. The Labute approximate surface area is 136 Å². The average Bonchev–Trinajstić information content (AvgIpc) is 2.96. The molecule has 0 aromatic heterocycles. The number of carbonyl (C=O) groups excluding carboxylic acids is 1. The van der Waals surface area contributed by atoms with Gasteiger partial charge >= 0.3 is 0 Å². The minimum Gasteiger partial charge on any atom is -0.486 e. The zero-order valence-electron chi connectivity index (χ0n) is 12.6. The maximum Gasteiger partial charge on any atom is 0.230 e. The van der Waals surface area contributed by atoms with E-state index in [1.807, 2.05) is 6.07 Å². The predicted octanol–water partition coefficient (Wildman–Crippen LogP) is 1.57. The number of anilines is 1. The van der Waals surface area contributed by atoms with Gasteiger partial charge in [0.25, 0.3) is 0 Å². The lowest BCUT2D eigenvalue weighted by atomic mass is 10.1. The van der Waals surface area contributed by atoms with E-state index < -0.39 is 0 Å². The number of hydrogen-bond acceptors (Lipinski definition) is 6. The van der Waals surface area contributed by atoms with Crippen molar-refractivity contribution in [2.24, 2.45) is 0 Å².